The summed E-state index contributed by atoms with van der Waals surface area (Å²) in [5, 5.41) is 3.46. The normalized spacial score (nSPS) is 14.9. The lowest BCUT2D eigenvalue weighted by Gasteiger charge is -2.19. The second kappa shape index (κ2) is 6.59. The number of rotatable bonds is 6. The number of hydrogen-bond acceptors (Lipinski definition) is 2. The molecule has 0 bridgehead atoms. The minimum absolute atomic E-state index is 0.265. The molecule has 0 aliphatic heterocycles. The van der Waals surface area contributed by atoms with Crippen LogP contribution in [0.4, 0.5) is 0 Å². The van der Waals surface area contributed by atoms with Crippen LogP contribution in [-0.2, 0) is 11.2 Å². The van der Waals surface area contributed by atoms with Gasteiger partial charge in [0.15, 0.2) is 0 Å². The zero-order chi connectivity index (χ0) is 11.1. The highest BCUT2D eigenvalue weighted by molar-refractivity contribution is 5.14. The van der Waals surface area contributed by atoms with Crippen molar-refractivity contribution in [2.45, 2.75) is 32.4 Å². The minimum Gasteiger partial charge on any atom is -0.380 e. The van der Waals surface area contributed by atoms with Gasteiger partial charge in [-0.3, -0.25) is 0 Å². The molecule has 2 nitrogen and oxygen atoms in total. The van der Waals surface area contributed by atoms with E-state index in [2.05, 4.69) is 43.4 Å². The molecule has 0 fully saturated rings. The number of hydrogen-bond donors (Lipinski definition) is 1. The van der Waals surface area contributed by atoms with E-state index in [9.17, 15) is 0 Å². The molecule has 2 atom stereocenters. The molecule has 1 N–H and O–H groups in total. The van der Waals surface area contributed by atoms with Crippen LogP contribution in [0, 0.1) is 0 Å². The van der Waals surface area contributed by atoms with Crippen molar-refractivity contribution < 1.29 is 4.74 Å². The molecular weight excluding hydrogens is 186 g/mol. The van der Waals surface area contributed by atoms with Crippen molar-refractivity contribution in [1.29, 1.82) is 0 Å². The molecule has 0 aromatic heterocycles. The smallest absolute Gasteiger partial charge is 0.0693 e. The predicted molar refractivity (Wildman–Crippen MR) is 64.1 cm³/mol. The highest BCUT2D eigenvalue weighted by Crippen LogP contribution is 2.00. The van der Waals surface area contributed by atoms with Gasteiger partial charge >= 0.3 is 0 Å². The Balaban J connectivity index is 2.22. The first-order chi connectivity index (χ1) is 7.24. The Kier molecular flexibility index (Phi) is 5.37. The molecule has 1 aromatic carbocycles. The van der Waals surface area contributed by atoms with Gasteiger partial charge in [0.25, 0.3) is 0 Å². The second-order valence-corrected chi connectivity index (χ2v) is 3.92. The van der Waals surface area contributed by atoms with Gasteiger partial charge in [-0.25, -0.2) is 0 Å². The molecule has 0 aliphatic carbocycles. The standard InChI is InChI=1S/C13H21NO/c1-11(12(2)15-3)14-10-9-13-7-5-4-6-8-13/h4-8,11-12,14H,9-10H2,1-3H3. The fourth-order valence-electron chi connectivity index (χ4n) is 1.46. The molecule has 0 heterocycles. The summed E-state index contributed by atoms with van der Waals surface area (Å²) in [7, 11) is 1.75. The van der Waals surface area contributed by atoms with E-state index in [1.165, 1.54) is 5.56 Å². The third kappa shape index (κ3) is 4.45. The Morgan fingerprint density at radius 3 is 2.47 bits per heavy atom. The maximum Gasteiger partial charge on any atom is 0.0693 e. The monoisotopic (exact) mass is 207 g/mol. The average molecular weight is 207 g/mol. The molecule has 2 unspecified atom stereocenters. The van der Waals surface area contributed by atoms with Crippen molar-refractivity contribution in [3.8, 4) is 0 Å². The van der Waals surface area contributed by atoms with Gasteiger partial charge in [0.05, 0.1) is 6.10 Å². The van der Waals surface area contributed by atoms with Crippen molar-refractivity contribution in [2.24, 2.45) is 0 Å². The summed E-state index contributed by atoms with van der Waals surface area (Å²) in [4.78, 5) is 0. The van der Waals surface area contributed by atoms with Gasteiger partial charge < -0.3 is 10.1 Å². The molecule has 2 heteroatoms. The predicted octanol–water partition coefficient (Wildman–Crippen LogP) is 2.24. The highest BCUT2D eigenvalue weighted by Gasteiger charge is 2.09. The zero-order valence-corrected chi connectivity index (χ0v) is 9.86. The van der Waals surface area contributed by atoms with Crippen molar-refractivity contribution >= 4 is 0 Å². The van der Waals surface area contributed by atoms with Crippen LogP contribution in [0.1, 0.15) is 19.4 Å². The van der Waals surface area contributed by atoms with Crippen molar-refractivity contribution in [1.82, 2.24) is 5.32 Å². The molecule has 0 amide bonds. The Morgan fingerprint density at radius 1 is 1.20 bits per heavy atom. The van der Waals surface area contributed by atoms with E-state index < -0.39 is 0 Å². The molecule has 0 spiro atoms. The van der Waals surface area contributed by atoms with Crippen molar-refractivity contribution in [3.63, 3.8) is 0 Å². The van der Waals surface area contributed by atoms with Gasteiger partial charge in [0, 0.05) is 13.2 Å². The first kappa shape index (κ1) is 12.2. The molecule has 1 rings (SSSR count). The lowest BCUT2D eigenvalue weighted by Crippen LogP contribution is -2.37. The molecular formula is C13H21NO. The number of benzene rings is 1. The maximum atomic E-state index is 5.25. The molecule has 0 aliphatic rings. The molecule has 15 heavy (non-hydrogen) atoms. The van der Waals surface area contributed by atoms with Crippen LogP contribution in [0.15, 0.2) is 30.3 Å². The summed E-state index contributed by atoms with van der Waals surface area (Å²) in [6.45, 7) is 5.23. The van der Waals surface area contributed by atoms with E-state index in [0.29, 0.717) is 6.04 Å². The van der Waals surface area contributed by atoms with Crippen LogP contribution in [-0.4, -0.2) is 25.8 Å². The summed E-state index contributed by atoms with van der Waals surface area (Å²) in [6, 6.07) is 10.9. The minimum atomic E-state index is 0.265. The third-order valence-corrected chi connectivity index (χ3v) is 2.80. The van der Waals surface area contributed by atoms with Crippen LogP contribution in [0.3, 0.4) is 0 Å². The van der Waals surface area contributed by atoms with E-state index in [1.54, 1.807) is 7.11 Å². The first-order valence-electron chi connectivity index (χ1n) is 5.54. The van der Waals surface area contributed by atoms with E-state index in [-0.39, 0.29) is 6.10 Å². The van der Waals surface area contributed by atoms with Gasteiger partial charge in [-0.05, 0) is 32.4 Å². The fraction of sp³-hybridized carbons (Fsp3) is 0.538. The van der Waals surface area contributed by atoms with Crippen LogP contribution >= 0.6 is 0 Å². The largest absolute Gasteiger partial charge is 0.380 e. The highest BCUT2D eigenvalue weighted by atomic mass is 16.5. The molecule has 0 radical (unpaired) electrons. The SMILES string of the molecule is COC(C)C(C)NCCc1ccccc1. The quantitative estimate of drug-likeness (QED) is 0.772. The molecule has 0 saturated carbocycles. The second-order valence-electron chi connectivity index (χ2n) is 3.92. The topological polar surface area (TPSA) is 21.3 Å². The van der Waals surface area contributed by atoms with E-state index >= 15 is 0 Å². The summed E-state index contributed by atoms with van der Waals surface area (Å²) < 4.78 is 5.25. The van der Waals surface area contributed by atoms with Crippen LogP contribution in [0.25, 0.3) is 0 Å². The third-order valence-electron chi connectivity index (χ3n) is 2.80. The van der Waals surface area contributed by atoms with E-state index in [0.717, 1.165) is 13.0 Å². The Bertz CT molecular complexity index is 260. The van der Waals surface area contributed by atoms with E-state index in [1.807, 2.05) is 6.07 Å². The molecule has 84 valence electrons. The van der Waals surface area contributed by atoms with Crippen LogP contribution in [0.2, 0.25) is 0 Å². The fourth-order valence-corrected chi connectivity index (χ4v) is 1.46. The number of methoxy groups -OCH3 is 1. The van der Waals surface area contributed by atoms with Gasteiger partial charge in [-0.2, -0.15) is 0 Å². The lowest BCUT2D eigenvalue weighted by atomic mass is 10.1. The molecule has 1 aromatic rings. The van der Waals surface area contributed by atoms with E-state index in [4.69, 9.17) is 4.74 Å². The summed E-state index contributed by atoms with van der Waals surface area (Å²) in [5.41, 5.74) is 1.38. The Morgan fingerprint density at radius 2 is 1.87 bits per heavy atom. The van der Waals surface area contributed by atoms with Crippen LogP contribution < -0.4 is 5.32 Å². The summed E-state index contributed by atoms with van der Waals surface area (Å²) >= 11 is 0. The summed E-state index contributed by atoms with van der Waals surface area (Å²) in [6.07, 6.45) is 1.34. The zero-order valence-electron chi connectivity index (χ0n) is 9.86. The van der Waals surface area contributed by atoms with Crippen molar-refractivity contribution in [2.75, 3.05) is 13.7 Å². The van der Waals surface area contributed by atoms with Gasteiger partial charge in [-0.1, -0.05) is 30.3 Å². The van der Waals surface area contributed by atoms with Gasteiger partial charge in [0.1, 0.15) is 0 Å². The number of ether oxygens (including phenoxy) is 1. The van der Waals surface area contributed by atoms with Gasteiger partial charge in [0.2, 0.25) is 0 Å². The van der Waals surface area contributed by atoms with Crippen LogP contribution in [0.5, 0.6) is 0 Å². The number of nitrogens with one attached hydrogen (secondary N) is 1. The molecule has 0 saturated heterocycles. The van der Waals surface area contributed by atoms with Gasteiger partial charge in [-0.15, -0.1) is 0 Å². The van der Waals surface area contributed by atoms with Crippen molar-refractivity contribution in [3.05, 3.63) is 35.9 Å². The maximum absolute atomic E-state index is 5.25. The first-order valence-corrected chi connectivity index (χ1v) is 5.54. The Hall–Kier alpha value is -0.860. The summed E-state index contributed by atoms with van der Waals surface area (Å²) in [5.74, 6) is 0. The Labute approximate surface area is 92.6 Å². The average Bonchev–Trinajstić information content (AvgIpc) is 2.29. The lowest BCUT2D eigenvalue weighted by molar-refractivity contribution is 0.0890.